The molecule has 402 valence electrons. The molecule has 77 heavy (non-hydrogen) atoms. The van der Waals surface area contributed by atoms with Crippen molar-refractivity contribution in [3.63, 3.8) is 0 Å². The third-order valence-corrected chi connectivity index (χ3v) is 11.3. The van der Waals surface area contributed by atoms with Crippen LogP contribution in [0.4, 0.5) is 101 Å². The van der Waals surface area contributed by atoms with Crippen LogP contribution in [-0.2, 0) is 26.9 Å². The van der Waals surface area contributed by atoms with Gasteiger partial charge in [-0.2, -0.15) is 13.2 Å². The predicted octanol–water partition coefficient (Wildman–Crippen LogP) is 13.4. The number of benzene rings is 4. The maximum atomic E-state index is 15.8. The van der Waals surface area contributed by atoms with Gasteiger partial charge in [0, 0.05) is 0 Å². The standard InChI is InChI=1S/C44H8F20N4.CHF3O3S.Co/c45-25-21(26(46)34(54)41(61)33(25)53)17-9-1-2-10(65-9)18(22-27(47)35(55)42(62)36(56)28(22)48)12-5-6-14(67-12)20(24-31(51)39(59)44(64)40(60)32(24)52)16-8-7-15(68-16)19(13-4-3-11(17)66-13)23-29(49)37(57)43(63)38(58)30(23)50;2-1(3,4)8(5,6)7;/h1-8H;(H,5,6,7);/q-2;;+3/p-1. The topological polar surface area (TPSA) is 111 Å². The van der Waals surface area contributed by atoms with Crippen molar-refractivity contribution in [3.8, 4) is 44.5 Å². The Balaban J connectivity index is 0.000000887. The first-order valence-electron chi connectivity index (χ1n) is 19.5. The fourth-order valence-electron chi connectivity index (χ4n) is 7.41. The van der Waals surface area contributed by atoms with Crippen molar-refractivity contribution in [3.05, 3.63) is 163 Å². The second-order valence-corrected chi connectivity index (χ2v) is 16.4. The van der Waals surface area contributed by atoms with E-state index in [0.29, 0.717) is 48.6 Å². The molecule has 0 unspecified atom stereocenters. The van der Waals surface area contributed by atoms with Gasteiger partial charge in [-0.15, -0.1) is 22.1 Å². The van der Waals surface area contributed by atoms with E-state index in [-0.39, 0.29) is 16.8 Å². The molecule has 32 heteroatoms. The van der Waals surface area contributed by atoms with E-state index in [0.717, 1.165) is 0 Å². The Labute approximate surface area is 419 Å². The van der Waals surface area contributed by atoms with Crippen LogP contribution < -0.4 is 9.97 Å². The first kappa shape index (κ1) is 57.0. The molecule has 5 heterocycles. The minimum atomic E-state index is -6.09. The number of alkyl halides is 3. The Morgan fingerprint density at radius 1 is 0.312 bits per heavy atom. The van der Waals surface area contributed by atoms with Gasteiger partial charge in [0.2, 0.25) is 23.3 Å². The molecule has 9 rings (SSSR count). The third-order valence-electron chi connectivity index (χ3n) is 10.7. The molecule has 0 N–H and O–H groups in total. The molecule has 7 nitrogen and oxygen atoms in total. The van der Waals surface area contributed by atoms with E-state index in [9.17, 15) is 65.9 Å². The Morgan fingerprint density at radius 2 is 0.455 bits per heavy atom. The number of aromatic nitrogens is 4. The van der Waals surface area contributed by atoms with Crippen LogP contribution in [0.25, 0.3) is 90.9 Å². The first-order valence-corrected chi connectivity index (χ1v) is 20.9. The molecule has 7 aromatic rings. The minimum Gasteiger partial charge on any atom is -0.741 e. The van der Waals surface area contributed by atoms with Crippen LogP contribution in [0.1, 0.15) is 22.8 Å². The second kappa shape index (κ2) is 20.0. The average molecular weight is 1180 g/mol. The van der Waals surface area contributed by atoms with Crippen molar-refractivity contribution in [1.29, 1.82) is 0 Å². The summed E-state index contributed by atoms with van der Waals surface area (Å²) in [5.41, 5.74) is -27.2. The van der Waals surface area contributed by atoms with Gasteiger partial charge in [0.15, 0.2) is 103 Å². The maximum Gasteiger partial charge on any atom is 3.00 e. The van der Waals surface area contributed by atoms with Crippen molar-refractivity contribution in [2.75, 3.05) is 0 Å². The van der Waals surface area contributed by atoms with Crippen molar-refractivity contribution >= 4 is 56.5 Å². The normalized spacial score (nSPS) is 12.3. The summed E-state index contributed by atoms with van der Waals surface area (Å²) in [7, 11) is -6.09. The van der Waals surface area contributed by atoms with E-state index in [1.165, 1.54) is 0 Å². The van der Waals surface area contributed by atoms with Gasteiger partial charge in [-0.25, -0.2) is 106 Å². The van der Waals surface area contributed by atoms with Gasteiger partial charge in [-0.05, 0) is 46.6 Å². The molecule has 0 fully saturated rings. The quantitative estimate of drug-likeness (QED) is 0.0567. The van der Waals surface area contributed by atoms with Gasteiger partial charge >= 0.3 is 22.3 Å². The first-order chi connectivity index (χ1) is 35.3. The summed E-state index contributed by atoms with van der Waals surface area (Å²) in [4.78, 5) is 15.6. The van der Waals surface area contributed by atoms with Crippen molar-refractivity contribution in [1.82, 2.24) is 19.9 Å². The van der Waals surface area contributed by atoms with E-state index >= 15 is 35.1 Å². The average Bonchev–Trinajstić information content (AvgIpc) is 4.23. The van der Waals surface area contributed by atoms with Gasteiger partial charge in [0.05, 0.1) is 45.0 Å². The van der Waals surface area contributed by atoms with Crippen LogP contribution in [0.2, 0.25) is 0 Å². The smallest absolute Gasteiger partial charge is 0.741 e. The summed E-state index contributed by atoms with van der Waals surface area (Å²) in [5, 5.41) is 0. The number of hydrogen-bond donors (Lipinski definition) is 0. The van der Waals surface area contributed by atoms with Crippen LogP contribution in [0.15, 0.2) is 24.3 Å². The fourth-order valence-corrected chi connectivity index (χ4v) is 7.41. The van der Waals surface area contributed by atoms with Gasteiger partial charge in [-0.1, -0.05) is 24.3 Å². The largest absolute Gasteiger partial charge is 3.00 e. The van der Waals surface area contributed by atoms with Crippen molar-refractivity contribution in [2.45, 2.75) is 5.51 Å². The van der Waals surface area contributed by atoms with Crippen LogP contribution in [0.5, 0.6) is 0 Å². The Kier molecular flexibility index (Phi) is 14.8. The van der Waals surface area contributed by atoms with E-state index in [4.69, 9.17) is 13.0 Å². The second-order valence-electron chi connectivity index (χ2n) is 15.0. The Bertz CT molecular complexity index is 3520. The zero-order chi connectivity index (χ0) is 56.3. The molecule has 0 saturated heterocycles. The van der Waals surface area contributed by atoms with E-state index in [1.807, 2.05) is 0 Å². The molecule has 0 spiro atoms. The Morgan fingerprint density at radius 3 is 0.597 bits per heavy atom. The summed E-state index contributed by atoms with van der Waals surface area (Å²) >= 11 is 0. The zero-order valence-electron chi connectivity index (χ0n) is 35.6. The summed E-state index contributed by atoms with van der Waals surface area (Å²) in [6.45, 7) is 0. The van der Waals surface area contributed by atoms with Crippen LogP contribution in [-0.4, -0.2) is 28.4 Å². The summed E-state index contributed by atoms with van der Waals surface area (Å²) in [6.07, 6.45) is 2.26. The third kappa shape index (κ3) is 9.13. The monoisotopic (exact) mass is 1180 g/mol. The van der Waals surface area contributed by atoms with Gasteiger partial charge in [0.25, 0.3) is 0 Å². The van der Waals surface area contributed by atoms with Crippen LogP contribution in [0, 0.1) is 116 Å². The Hall–Kier alpha value is -7.71. The van der Waals surface area contributed by atoms with E-state index < -0.39 is 221 Å². The molecule has 0 saturated carbocycles. The van der Waals surface area contributed by atoms with Crippen molar-refractivity contribution in [2.24, 2.45) is 0 Å². The van der Waals surface area contributed by atoms with E-state index in [2.05, 4.69) is 19.9 Å². The number of nitrogens with zero attached hydrogens (tertiary/aromatic N) is 4. The predicted molar refractivity (Wildman–Crippen MR) is 213 cm³/mol. The summed E-state index contributed by atoms with van der Waals surface area (Å²) < 4.78 is 361. The van der Waals surface area contributed by atoms with Crippen LogP contribution in [0.3, 0.4) is 0 Å². The molecule has 2 aliphatic heterocycles. The molecule has 4 aromatic carbocycles. The van der Waals surface area contributed by atoms with E-state index in [1.54, 1.807) is 0 Å². The van der Waals surface area contributed by atoms with Gasteiger partial charge < -0.3 is 14.5 Å². The number of hydrogen-bond acceptors (Lipinski definition) is 5. The van der Waals surface area contributed by atoms with Crippen molar-refractivity contribution < 1.29 is 131 Å². The number of fused-ring (bicyclic) bond motifs is 8. The fraction of sp³-hybridized carbons (Fsp3) is 0.0222. The molecular weight excluding hydrogens is 1170 g/mol. The summed E-state index contributed by atoms with van der Waals surface area (Å²) in [6, 6.07) is 2.26. The SMILES string of the molecule is Fc1c(F)c(F)c(-c2c3nc(c(-c4c(F)c(F)c(F)c(F)c4F)c4ccc([n-]4)c(-c4c(F)c(F)c(F)c(F)c4F)c4nc(c(-c5c(F)c(F)c(F)c(F)c5F)c5ccc2[n-]5)C=C4)C=C3)c(F)c1F.O=S(=O)([O-])C(F)(F)F.[Co+3]. The molecular formula is C45H8CoF23N4O3S. The van der Waals surface area contributed by atoms with Crippen LogP contribution >= 0.6 is 0 Å². The van der Waals surface area contributed by atoms with Gasteiger partial charge in [0.1, 0.15) is 0 Å². The zero-order valence-corrected chi connectivity index (χ0v) is 37.4. The molecule has 3 aromatic heterocycles. The molecule has 0 aliphatic carbocycles. The summed E-state index contributed by atoms with van der Waals surface area (Å²) in [5.74, 6) is -53.1. The maximum absolute atomic E-state index is 15.8. The number of rotatable bonds is 4. The molecule has 0 atom stereocenters. The minimum absolute atomic E-state index is 0. The van der Waals surface area contributed by atoms with Gasteiger partial charge in [-0.3, -0.25) is 0 Å². The molecule has 0 radical (unpaired) electrons. The molecule has 0 amide bonds. The molecule has 8 bridgehead atoms. The number of halogens is 23. The molecule has 2 aliphatic rings.